The van der Waals surface area contributed by atoms with Gasteiger partial charge in [0.05, 0.1) is 0 Å². The van der Waals surface area contributed by atoms with E-state index in [-0.39, 0.29) is 97.9 Å². The average Bonchev–Trinajstić information content (AvgIpc) is 1.62. The van der Waals surface area contributed by atoms with E-state index in [1.807, 2.05) is 84.9 Å². The topological polar surface area (TPSA) is 168 Å². The Hall–Kier alpha value is -10.1. The number of rotatable bonds is 15. The van der Waals surface area contributed by atoms with E-state index in [4.69, 9.17) is 63.7 Å². The third-order valence-corrected chi connectivity index (χ3v) is 29.1. The van der Waals surface area contributed by atoms with Crippen molar-refractivity contribution in [2.75, 3.05) is 0 Å². The van der Waals surface area contributed by atoms with Crippen LogP contribution in [0.15, 0.2) is 482 Å². The normalized spacial score (nSPS) is 10.3. The average molecular weight is 1910 g/mol. The molecule has 4 aromatic heterocycles. The van der Waals surface area contributed by atoms with Gasteiger partial charge in [0, 0.05) is 36.8 Å². The van der Waals surface area contributed by atoms with Gasteiger partial charge in [0.15, 0.2) is 27.3 Å². The molecule has 0 atom stereocenters. The van der Waals surface area contributed by atoms with Crippen molar-refractivity contribution in [2.45, 2.75) is 0 Å². The fourth-order valence-corrected chi connectivity index (χ4v) is 23.0. The van der Waals surface area contributed by atoms with E-state index < -0.39 is 38.8 Å². The maximum Gasteiger partial charge on any atom is 1.00 e. The van der Waals surface area contributed by atoms with Crippen molar-refractivity contribution < 1.29 is 115 Å². The van der Waals surface area contributed by atoms with Gasteiger partial charge in [0.25, 0.3) is 6.47 Å². The number of halogens is 3. The van der Waals surface area contributed by atoms with Gasteiger partial charge in [-0.2, -0.15) is 0 Å². The SMILES string of the molecule is Clc1nc(-c2ccccc2)nc2c1oc1ccccc12.Clc1nc(Cl)c2oc3ccccc3c2n1.O=CO[O-].OB(O)c1ccccc1.[H-].[Na+].[Na+].[Pd].c1ccc(P(c2ccccc2)c2ccccc2)cc1.c1ccc(P(c2ccccc2)c2ccccc2)cc1.c1ccc(P(c2ccccc2)c2ccccc2)cc1.c1ccc(P(c2ccccc2)c2ccccc2)cc1. The van der Waals surface area contributed by atoms with Crippen LogP contribution in [0.4, 0.5) is 0 Å². The molecule has 16 aromatic carbocycles. The molecule has 0 radical (unpaired) electrons. The molecule has 127 heavy (non-hydrogen) atoms. The minimum Gasteiger partial charge on any atom is -1.00 e. The van der Waals surface area contributed by atoms with Crippen molar-refractivity contribution in [3.8, 4) is 11.4 Å². The van der Waals surface area contributed by atoms with Crippen LogP contribution >= 0.6 is 66.5 Å². The van der Waals surface area contributed by atoms with Crippen LogP contribution in [-0.4, -0.2) is 43.6 Å². The Morgan fingerprint density at radius 3 is 0.709 bits per heavy atom. The first kappa shape index (κ1) is 99.1. The zero-order valence-corrected chi connectivity index (χ0v) is 80.6. The Labute approximate surface area is 819 Å². The molecule has 0 unspecified atom stereocenters. The van der Waals surface area contributed by atoms with E-state index in [9.17, 15) is 0 Å². The van der Waals surface area contributed by atoms with Gasteiger partial charge >= 0.3 is 66.2 Å². The number of hydrogen-bond donors (Lipinski definition) is 2. The van der Waals surface area contributed by atoms with Crippen molar-refractivity contribution in [3.63, 3.8) is 0 Å². The van der Waals surface area contributed by atoms with Gasteiger partial charge in [-0.15, -0.1) is 0 Å². The molecule has 0 fully saturated rings. The zero-order chi connectivity index (χ0) is 85.7. The van der Waals surface area contributed by atoms with E-state index in [1.165, 1.54) is 63.7 Å². The first-order chi connectivity index (χ1) is 61.1. The molecule has 620 valence electrons. The summed E-state index contributed by atoms with van der Waals surface area (Å²) in [5.41, 5.74) is 5.36. The number of hydrogen-bond acceptors (Lipinski definition) is 11. The molecule has 11 nitrogen and oxygen atoms in total. The van der Waals surface area contributed by atoms with Gasteiger partial charge in [-0.05, 0) is 137 Å². The molecule has 0 spiro atoms. The molecule has 20 aromatic rings. The summed E-state index contributed by atoms with van der Waals surface area (Å²) in [5.74, 6) is 0.606. The summed E-state index contributed by atoms with van der Waals surface area (Å²) >= 11 is 17.9. The molecule has 22 heteroatoms. The van der Waals surface area contributed by atoms with E-state index in [0.717, 1.165) is 33.0 Å². The van der Waals surface area contributed by atoms with Crippen LogP contribution in [0.1, 0.15) is 1.43 Å². The molecule has 0 saturated carbocycles. The molecule has 4 heterocycles. The van der Waals surface area contributed by atoms with Crippen LogP contribution in [0.2, 0.25) is 15.6 Å². The first-order valence-electron chi connectivity index (χ1n) is 39.5. The second-order valence-corrected chi connectivity index (χ2v) is 36.8. The minimum absolute atomic E-state index is 0. The molecule has 2 N–H and O–H groups in total. The summed E-state index contributed by atoms with van der Waals surface area (Å²) in [5, 5.41) is 44.9. The second kappa shape index (κ2) is 53.7. The van der Waals surface area contributed by atoms with Crippen LogP contribution in [-0.2, 0) is 30.1 Å². The number of carbonyl (C=O) groups excluding carboxylic acids is 1. The molecule has 0 aliphatic rings. The van der Waals surface area contributed by atoms with Gasteiger partial charge in [-0.25, -0.2) is 19.9 Å². The largest absolute Gasteiger partial charge is 1.00 e. The third-order valence-electron chi connectivity index (χ3n) is 18.7. The number of fused-ring (bicyclic) bond motifs is 6. The summed E-state index contributed by atoms with van der Waals surface area (Å²) < 4.78 is 11.2. The Balaban J connectivity index is 0.000000168. The molecule has 0 aliphatic carbocycles. The third kappa shape index (κ3) is 28.7. The van der Waals surface area contributed by atoms with Gasteiger partial charge in [0.1, 0.15) is 22.2 Å². The summed E-state index contributed by atoms with van der Waals surface area (Å²) in [6, 6.07) is 163. The van der Waals surface area contributed by atoms with Crippen molar-refractivity contribution in [3.05, 3.63) is 489 Å². The van der Waals surface area contributed by atoms with Crippen LogP contribution in [0.25, 0.3) is 55.5 Å². The molecule has 0 bridgehead atoms. The van der Waals surface area contributed by atoms with Crippen LogP contribution < -0.4 is 133 Å². The smallest absolute Gasteiger partial charge is 1.00 e. The molecule has 20 rings (SSSR count). The summed E-state index contributed by atoms with van der Waals surface area (Å²) in [4.78, 5) is 28.1. The quantitative estimate of drug-likeness (QED) is 0.0191. The maximum absolute atomic E-state index is 8.64. The first-order valence-corrected chi connectivity index (χ1v) is 46.0. The minimum atomic E-state index is -1.34. The molecule has 0 amide bonds. The van der Waals surface area contributed by atoms with Gasteiger partial charge in [-0.1, -0.05) is 472 Å². The number of benzene rings is 16. The number of furan rings is 2. The zero-order valence-electron chi connectivity index (χ0n) is 70.2. The van der Waals surface area contributed by atoms with Crippen molar-refractivity contribution in [2.24, 2.45) is 0 Å². The molecule has 0 saturated heterocycles. The number of aromatic nitrogens is 4. The number of nitrogens with zero attached hydrogens (tertiary/aromatic N) is 4. The molecule has 0 aliphatic heterocycles. The van der Waals surface area contributed by atoms with Gasteiger partial charge in [0.2, 0.25) is 5.28 Å². The van der Waals surface area contributed by atoms with E-state index in [2.05, 4.69) is 389 Å². The number of para-hydroxylation sites is 2. The van der Waals surface area contributed by atoms with E-state index in [1.54, 1.807) is 24.3 Å². The maximum atomic E-state index is 8.64. The van der Waals surface area contributed by atoms with E-state index in [0.29, 0.717) is 33.1 Å². The summed E-state index contributed by atoms with van der Waals surface area (Å²) in [6.07, 6.45) is 0. The molecular weight excluding hydrogens is 1820 g/mol. The Morgan fingerprint density at radius 2 is 0.488 bits per heavy atom. The summed E-state index contributed by atoms with van der Waals surface area (Å²) in [6.45, 7) is -0.181. The van der Waals surface area contributed by atoms with Crippen LogP contribution in [0.3, 0.4) is 0 Å². The fraction of sp³-hybridized carbons (Fsp3) is 0. The Morgan fingerprint density at radius 1 is 0.291 bits per heavy atom. The van der Waals surface area contributed by atoms with Crippen LogP contribution in [0, 0.1) is 0 Å². The van der Waals surface area contributed by atoms with Gasteiger partial charge < -0.3 is 30.5 Å². The van der Waals surface area contributed by atoms with Gasteiger partial charge in [-0.3, -0.25) is 4.79 Å². The summed E-state index contributed by atoms with van der Waals surface area (Å²) in [7, 11) is -3.13. The fourth-order valence-electron chi connectivity index (χ4n) is 13.1. The number of carbonyl (C=O) groups is 1. The second-order valence-electron chi connectivity index (χ2n) is 26.9. The Kier molecular flexibility index (Phi) is 41.9. The van der Waals surface area contributed by atoms with Crippen molar-refractivity contribution in [1.29, 1.82) is 0 Å². The standard InChI is InChI=1S/4C18H15P.C16H9ClN2O.C10H4Cl2N2O.C6H7BO2.CH2O3.2Na.Pd.H/c4*1-4-10-16(11-5-1)19(17-12-6-2-7-13-17)18-14-8-3-9-15-18;17-15-14-13(11-8-4-5-9-12(11)20-14)18-16(19-15)10-6-2-1-3-7-10;11-9-8-7(13-10(12)14-9)5-3-1-2-4-6(5)15-8;8-7(9)6-4-2-1-3-5-6;2-1-4-3;;;;/h4*1-15H;1-9H;1-4H;1-5,8-9H;1,3H;;;;/q;;;;;;;;2*+1;;-1/p-1. The van der Waals surface area contributed by atoms with Crippen molar-refractivity contribution in [1.82, 2.24) is 19.9 Å². The predicted molar refractivity (Wildman–Crippen MR) is 524 cm³/mol. The Bertz CT molecular complexity index is 5690. The van der Waals surface area contributed by atoms with Crippen LogP contribution in [0.5, 0.6) is 0 Å². The van der Waals surface area contributed by atoms with Crippen molar-refractivity contribution >= 4 is 193 Å². The molecular formula is C105H82BCl3N4Na2O7P4Pd. The van der Waals surface area contributed by atoms with E-state index >= 15 is 0 Å². The predicted octanol–water partition coefficient (Wildman–Crippen LogP) is 14.1. The monoisotopic (exact) mass is 1900 g/mol.